The standard InChI is InChI=1S/C13H8FNO5/c14-7-3-1-6(2-4-7)10-8(12(17)18)5-9(13(19)20)11(16)15-10/h1-5H,(H,15,16)(H,17,18)(H,19,20). The Morgan fingerprint density at radius 1 is 1.00 bits per heavy atom. The zero-order valence-corrected chi connectivity index (χ0v) is 9.88. The van der Waals surface area contributed by atoms with E-state index in [1.807, 2.05) is 0 Å². The van der Waals surface area contributed by atoms with Gasteiger partial charge in [-0.3, -0.25) is 4.79 Å². The Labute approximate surface area is 111 Å². The predicted molar refractivity (Wildman–Crippen MR) is 66.4 cm³/mol. The molecule has 7 heteroatoms. The molecule has 0 bridgehead atoms. The fourth-order valence-electron chi connectivity index (χ4n) is 1.70. The largest absolute Gasteiger partial charge is 0.478 e. The van der Waals surface area contributed by atoms with E-state index in [2.05, 4.69) is 4.98 Å². The van der Waals surface area contributed by atoms with Gasteiger partial charge in [-0.2, -0.15) is 0 Å². The number of hydrogen-bond donors (Lipinski definition) is 3. The van der Waals surface area contributed by atoms with Gasteiger partial charge in [-0.1, -0.05) is 0 Å². The van der Waals surface area contributed by atoms with Crippen LogP contribution >= 0.6 is 0 Å². The molecule has 0 spiro atoms. The number of H-pyrrole nitrogens is 1. The van der Waals surface area contributed by atoms with E-state index < -0.39 is 28.9 Å². The predicted octanol–water partition coefficient (Wildman–Crippen LogP) is 1.58. The first kappa shape index (κ1) is 13.5. The van der Waals surface area contributed by atoms with Crippen LogP contribution in [0.2, 0.25) is 0 Å². The van der Waals surface area contributed by atoms with Crippen LogP contribution in [0.25, 0.3) is 11.3 Å². The van der Waals surface area contributed by atoms with E-state index in [-0.39, 0.29) is 16.8 Å². The van der Waals surface area contributed by atoms with Crippen LogP contribution in [-0.4, -0.2) is 27.1 Å². The van der Waals surface area contributed by atoms with E-state index in [1.165, 1.54) is 12.1 Å². The second-order valence-corrected chi connectivity index (χ2v) is 3.92. The number of hydrogen-bond acceptors (Lipinski definition) is 3. The molecule has 0 radical (unpaired) electrons. The summed E-state index contributed by atoms with van der Waals surface area (Å²) in [4.78, 5) is 35.8. The van der Waals surface area contributed by atoms with E-state index in [9.17, 15) is 18.8 Å². The summed E-state index contributed by atoms with van der Waals surface area (Å²) in [5, 5.41) is 17.9. The van der Waals surface area contributed by atoms with Crippen LogP contribution in [0.4, 0.5) is 4.39 Å². The van der Waals surface area contributed by atoms with Gasteiger partial charge in [0, 0.05) is 0 Å². The van der Waals surface area contributed by atoms with Crippen LogP contribution in [0.1, 0.15) is 20.7 Å². The van der Waals surface area contributed by atoms with Crippen LogP contribution in [0, 0.1) is 5.82 Å². The molecule has 0 amide bonds. The number of carboxylic acid groups (broad SMARTS) is 2. The SMILES string of the molecule is O=C(O)c1cc(C(=O)O)c(=O)[nH]c1-c1ccc(F)cc1. The molecular weight excluding hydrogens is 269 g/mol. The van der Waals surface area contributed by atoms with Gasteiger partial charge in [0.2, 0.25) is 0 Å². The second kappa shape index (κ2) is 4.96. The molecule has 0 aliphatic carbocycles. The summed E-state index contributed by atoms with van der Waals surface area (Å²) < 4.78 is 12.8. The molecule has 3 N–H and O–H groups in total. The molecule has 1 aromatic carbocycles. The van der Waals surface area contributed by atoms with Gasteiger partial charge < -0.3 is 15.2 Å². The van der Waals surface area contributed by atoms with Crippen molar-refractivity contribution in [2.24, 2.45) is 0 Å². The molecule has 2 aromatic rings. The van der Waals surface area contributed by atoms with Crippen LogP contribution < -0.4 is 5.56 Å². The first-order valence-corrected chi connectivity index (χ1v) is 5.40. The van der Waals surface area contributed by atoms with Gasteiger partial charge in [-0.05, 0) is 35.9 Å². The quantitative estimate of drug-likeness (QED) is 0.789. The number of halogens is 1. The molecule has 0 fully saturated rings. The van der Waals surface area contributed by atoms with Gasteiger partial charge in [0.25, 0.3) is 5.56 Å². The molecule has 0 saturated carbocycles. The fraction of sp³-hybridized carbons (Fsp3) is 0. The Morgan fingerprint density at radius 3 is 2.05 bits per heavy atom. The number of carboxylic acids is 2. The smallest absolute Gasteiger partial charge is 0.341 e. The summed E-state index contributed by atoms with van der Waals surface area (Å²) >= 11 is 0. The van der Waals surface area contributed by atoms with Gasteiger partial charge in [0.15, 0.2) is 0 Å². The average molecular weight is 277 g/mol. The zero-order chi connectivity index (χ0) is 14.9. The maximum absolute atomic E-state index is 12.8. The van der Waals surface area contributed by atoms with E-state index in [1.54, 1.807) is 0 Å². The van der Waals surface area contributed by atoms with Gasteiger partial charge >= 0.3 is 11.9 Å². The number of carbonyl (C=O) groups is 2. The number of aromatic nitrogens is 1. The van der Waals surface area contributed by atoms with E-state index >= 15 is 0 Å². The Balaban J connectivity index is 2.72. The van der Waals surface area contributed by atoms with Crippen molar-refractivity contribution in [2.45, 2.75) is 0 Å². The van der Waals surface area contributed by atoms with E-state index in [0.717, 1.165) is 18.2 Å². The van der Waals surface area contributed by atoms with Gasteiger partial charge in [0.05, 0.1) is 11.3 Å². The van der Waals surface area contributed by atoms with Crippen molar-refractivity contribution in [3.63, 3.8) is 0 Å². The van der Waals surface area contributed by atoms with Crippen molar-refractivity contribution >= 4 is 11.9 Å². The summed E-state index contributed by atoms with van der Waals surface area (Å²) in [6, 6.07) is 5.55. The topological polar surface area (TPSA) is 107 Å². The van der Waals surface area contributed by atoms with Crippen LogP contribution in [0.15, 0.2) is 35.1 Å². The Hall–Kier alpha value is -2.96. The lowest BCUT2D eigenvalue weighted by Crippen LogP contribution is -2.20. The van der Waals surface area contributed by atoms with Gasteiger partial charge in [-0.25, -0.2) is 14.0 Å². The zero-order valence-electron chi connectivity index (χ0n) is 9.88. The number of rotatable bonds is 3. The summed E-state index contributed by atoms with van der Waals surface area (Å²) in [5.41, 5.74) is -1.80. The highest BCUT2D eigenvalue weighted by atomic mass is 19.1. The van der Waals surface area contributed by atoms with Crippen LogP contribution in [0.3, 0.4) is 0 Å². The van der Waals surface area contributed by atoms with Crippen molar-refractivity contribution < 1.29 is 24.2 Å². The van der Waals surface area contributed by atoms with Crippen molar-refractivity contribution in [3.05, 3.63) is 57.6 Å². The second-order valence-electron chi connectivity index (χ2n) is 3.92. The molecular formula is C13H8FNO5. The molecule has 20 heavy (non-hydrogen) atoms. The fourth-order valence-corrected chi connectivity index (χ4v) is 1.70. The lowest BCUT2D eigenvalue weighted by atomic mass is 10.0. The van der Waals surface area contributed by atoms with Gasteiger partial charge in [0.1, 0.15) is 11.4 Å². The molecule has 1 aromatic heterocycles. The van der Waals surface area contributed by atoms with Crippen molar-refractivity contribution in [3.8, 4) is 11.3 Å². The molecule has 0 atom stereocenters. The number of pyridine rings is 1. The lowest BCUT2D eigenvalue weighted by molar-refractivity contribution is 0.0695. The maximum Gasteiger partial charge on any atom is 0.341 e. The monoisotopic (exact) mass is 277 g/mol. The molecule has 2 rings (SSSR count). The van der Waals surface area contributed by atoms with Gasteiger partial charge in [-0.15, -0.1) is 0 Å². The number of aromatic carboxylic acids is 2. The Morgan fingerprint density at radius 2 is 1.55 bits per heavy atom. The Kier molecular flexibility index (Phi) is 3.34. The van der Waals surface area contributed by atoms with Crippen molar-refractivity contribution in [2.75, 3.05) is 0 Å². The lowest BCUT2D eigenvalue weighted by Gasteiger charge is -2.07. The van der Waals surface area contributed by atoms with E-state index in [4.69, 9.17) is 10.2 Å². The molecule has 6 nitrogen and oxygen atoms in total. The molecule has 0 saturated heterocycles. The first-order chi connectivity index (χ1) is 9.40. The van der Waals surface area contributed by atoms with Crippen molar-refractivity contribution in [1.29, 1.82) is 0 Å². The summed E-state index contributed by atoms with van der Waals surface area (Å²) in [7, 11) is 0. The minimum Gasteiger partial charge on any atom is -0.478 e. The average Bonchev–Trinajstić information content (AvgIpc) is 2.38. The van der Waals surface area contributed by atoms with Crippen LogP contribution in [-0.2, 0) is 0 Å². The Bertz CT molecular complexity index is 748. The molecule has 0 unspecified atom stereocenters. The molecule has 102 valence electrons. The maximum atomic E-state index is 12.8. The summed E-state index contributed by atoms with van der Waals surface area (Å²) in [6.45, 7) is 0. The molecule has 0 aliphatic heterocycles. The number of benzene rings is 1. The number of nitrogens with one attached hydrogen (secondary N) is 1. The van der Waals surface area contributed by atoms with E-state index in [0.29, 0.717) is 0 Å². The minimum absolute atomic E-state index is 0.0764. The highest BCUT2D eigenvalue weighted by molar-refractivity contribution is 5.98. The third-order valence-electron chi connectivity index (χ3n) is 2.63. The summed E-state index contributed by atoms with van der Waals surface area (Å²) in [6.07, 6.45) is 0. The van der Waals surface area contributed by atoms with Crippen molar-refractivity contribution in [1.82, 2.24) is 4.98 Å². The normalized spacial score (nSPS) is 10.2. The highest BCUT2D eigenvalue weighted by Crippen LogP contribution is 2.21. The van der Waals surface area contributed by atoms with Crippen LogP contribution in [0.5, 0.6) is 0 Å². The minimum atomic E-state index is -1.53. The highest BCUT2D eigenvalue weighted by Gasteiger charge is 2.19. The summed E-state index contributed by atoms with van der Waals surface area (Å²) in [5.74, 6) is -3.45. The third-order valence-corrected chi connectivity index (χ3v) is 2.63. The molecule has 0 aliphatic rings. The third kappa shape index (κ3) is 2.41. The number of aromatic amines is 1. The molecule has 1 heterocycles. The first-order valence-electron chi connectivity index (χ1n) is 5.40.